The number of hydrogen-bond donors (Lipinski definition) is 2. The quantitative estimate of drug-likeness (QED) is 0.776. The van der Waals surface area contributed by atoms with E-state index in [1.54, 1.807) is 31.4 Å². The fraction of sp³-hybridized carbons (Fsp3) is 0.158. The lowest BCUT2D eigenvalue weighted by molar-refractivity contribution is 0.0950. The number of aromatic amines is 1. The van der Waals surface area contributed by atoms with Crippen LogP contribution in [0.5, 0.6) is 5.75 Å². The highest BCUT2D eigenvalue weighted by molar-refractivity contribution is 5.94. The molecule has 3 rings (SSSR count). The van der Waals surface area contributed by atoms with Crippen molar-refractivity contribution in [3.63, 3.8) is 0 Å². The minimum absolute atomic E-state index is 0.162. The van der Waals surface area contributed by atoms with Crippen LogP contribution >= 0.6 is 0 Å². The number of methoxy groups -OCH3 is 1. The number of aromatic nitrogens is 1. The van der Waals surface area contributed by atoms with E-state index < -0.39 is 0 Å². The number of para-hydroxylation sites is 1. The summed E-state index contributed by atoms with van der Waals surface area (Å²) in [5.41, 5.74) is 2.65. The number of carbonyl (C=O) groups is 1. The van der Waals surface area contributed by atoms with Crippen LogP contribution in [-0.4, -0.2) is 18.0 Å². The van der Waals surface area contributed by atoms with E-state index in [-0.39, 0.29) is 18.0 Å². The maximum Gasteiger partial charge on any atom is 0.253 e. The number of aryl methyl sites for hydroxylation is 1. The van der Waals surface area contributed by atoms with Gasteiger partial charge < -0.3 is 15.0 Å². The van der Waals surface area contributed by atoms with Crippen LogP contribution in [0.25, 0.3) is 10.9 Å². The van der Waals surface area contributed by atoms with Crippen LogP contribution < -0.4 is 15.6 Å². The van der Waals surface area contributed by atoms with Crippen molar-refractivity contribution in [3.8, 4) is 5.75 Å². The summed E-state index contributed by atoms with van der Waals surface area (Å²) in [5.74, 6) is 0.360. The minimum Gasteiger partial charge on any atom is -0.497 e. The van der Waals surface area contributed by atoms with Gasteiger partial charge in [0.05, 0.1) is 12.6 Å². The first kappa shape index (κ1) is 15.8. The number of ether oxygens (including phenoxy) is 1. The molecule has 1 amide bonds. The van der Waals surface area contributed by atoms with Gasteiger partial charge >= 0.3 is 0 Å². The first-order valence-electron chi connectivity index (χ1n) is 7.62. The number of amides is 1. The highest BCUT2D eigenvalue weighted by Crippen LogP contribution is 2.15. The molecule has 0 saturated heterocycles. The lowest BCUT2D eigenvalue weighted by atomic mass is 10.1. The number of benzene rings is 2. The summed E-state index contributed by atoms with van der Waals surface area (Å²) in [4.78, 5) is 27.3. The highest BCUT2D eigenvalue weighted by Gasteiger charge is 2.09. The van der Waals surface area contributed by atoms with E-state index in [9.17, 15) is 9.59 Å². The third-order valence-electron chi connectivity index (χ3n) is 3.94. The Morgan fingerprint density at radius 1 is 1.17 bits per heavy atom. The predicted molar refractivity (Wildman–Crippen MR) is 93.5 cm³/mol. The van der Waals surface area contributed by atoms with Crippen LogP contribution in [0.1, 0.15) is 21.5 Å². The van der Waals surface area contributed by atoms with Gasteiger partial charge in [-0.3, -0.25) is 9.59 Å². The molecule has 0 radical (unpaired) electrons. The Labute approximate surface area is 139 Å². The summed E-state index contributed by atoms with van der Waals surface area (Å²) in [6.45, 7) is 2.11. The molecule has 2 N–H and O–H groups in total. The Balaban J connectivity index is 1.81. The topological polar surface area (TPSA) is 71.2 Å². The van der Waals surface area contributed by atoms with Gasteiger partial charge in [0, 0.05) is 17.7 Å². The molecule has 0 aliphatic heterocycles. The van der Waals surface area contributed by atoms with Crippen molar-refractivity contribution < 1.29 is 9.53 Å². The van der Waals surface area contributed by atoms with E-state index in [4.69, 9.17) is 4.74 Å². The van der Waals surface area contributed by atoms with Crippen molar-refractivity contribution in [2.75, 3.05) is 7.11 Å². The Bertz CT molecular complexity index is 960. The van der Waals surface area contributed by atoms with Crippen LogP contribution in [-0.2, 0) is 6.54 Å². The molecule has 0 spiro atoms. The fourth-order valence-corrected chi connectivity index (χ4v) is 2.60. The number of H-pyrrole nitrogens is 1. The molecule has 0 bridgehead atoms. The van der Waals surface area contributed by atoms with Crippen LogP contribution in [0.4, 0.5) is 0 Å². The minimum atomic E-state index is -0.252. The predicted octanol–water partition coefficient (Wildman–Crippen LogP) is 2.78. The third-order valence-corrected chi connectivity index (χ3v) is 3.94. The number of nitrogens with one attached hydrogen (secondary N) is 2. The molecule has 0 unspecified atom stereocenters. The standard InChI is InChI=1S/C19H18N2O3/c1-12-5-3-6-13-9-15(19(23)21-17(12)13)11-20-18(22)14-7-4-8-16(10-14)24-2/h3-10H,11H2,1-2H3,(H,20,22)(H,21,23). The van der Waals surface area contributed by atoms with Crippen molar-refractivity contribution in [1.82, 2.24) is 10.3 Å². The van der Waals surface area contributed by atoms with Crippen LogP contribution in [0.3, 0.4) is 0 Å². The Morgan fingerprint density at radius 2 is 1.96 bits per heavy atom. The molecule has 5 heteroatoms. The molecule has 0 atom stereocenters. The smallest absolute Gasteiger partial charge is 0.253 e. The van der Waals surface area contributed by atoms with Crippen molar-refractivity contribution in [2.24, 2.45) is 0 Å². The fourth-order valence-electron chi connectivity index (χ4n) is 2.60. The molecule has 1 aromatic heterocycles. The molecular formula is C19H18N2O3. The zero-order chi connectivity index (χ0) is 17.1. The molecule has 1 heterocycles. The maximum atomic E-state index is 12.2. The number of fused-ring (bicyclic) bond motifs is 1. The number of carbonyl (C=O) groups excluding carboxylic acids is 1. The molecule has 24 heavy (non-hydrogen) atoms. The van der Waals surface area contributed by atoms with Crippen LogP contribution in [0.2, 0.25) is 0 Å². The second-order valence-corrected chi connectivity index (χ2v) is 5.58. The lowest BCUT2D eigenvalue weighted by Gasteiger charge is -2.08. The SMILES string of the molecule is COc1cccc(C(=O)NCc2cc3cccc(C)c3[nH]c2=O)c1. The molecule has 5 nitrogen and oxygen atoms in total. The van der Waals surface area contributed by atoms with Crippen molar-refractivity contribution in [1.29, 1.82) is 0 Å². The first-order chi connectivity index (χ1) is 11.6. The van der Waals surface area contributed by atoms with E-state index in [0.29, 0.717) is 16.9 Å². The Hall–Kier alpha value is -3.08. The highest BCUT2D eigenvalue weighted by atomic mass is 16.5. The summed E-state index contributed by atoms with van der Waals surface area (Å²) >= 11 is 0. The van der Waals surface area contributed by atoms with Gasteiger partial charge in [0.2, 0.25) is 0 Å². The average Bonchev–Trinajstić information content (AvgIpc) is 2.60. The number of pyridine rings is 1. The second kappa shape index (κ2) is 6.58. The Morgan fingerprint density at radius 3 is 2.75 bits per heavy atom. The summed E-state index contributed by atoms with van der Waals surface area (Å²) in [6, 6.07) is 14.5. The normalized spacial score (nSPS) is 10.6. The van der Waals surface area contributed by atoms with Crippen molar-refractivity contribution in [2.45, 2.75) is 13.5 Å². The monoisotopic (exact) mass is 322 g/mol. The van der Waals surface area contributed by atoms with E-state index in [2.05, 4.69) is 10.3 Å². The molecule has 0 fully saturated rings. The molecule has 122 valence electrons. The summed E-state index contributed by atoms with van der Waals surface area (Å²) in [5, 5.41) is 3.72. The van der Waals surface area contributed by atoms with Crippen LogP contribution in [0.15, 0.2) is 53.3 Å². The van der Waals surface area contributed by atoms with Gasteiger partial charge in [-0.05, 0) is 42.1 Å². The zero-order valence-corrected chi connectivity index (χ0v) is 13.6. The molecule has 0 aliphatic carbocycles. The van der Waals surface area contributed by atoms with E-state index in [0.717, 1.165) is 16.5 Å². The van der Waals surface area contributed by atoms with Crippen molar-refractivity contribution in [3.05, 3.63) is 75.6 Å². The number of rotatable bonds is 4. The van der Waals surface area contributed by atoms with Gasteiger partial charge in [0.1, 0.15) is 5.75 Å². The molecule has 0 saturated carbocycles. The largest absolute Gasteiger partial charge is 0.497 e. The molecular weight excluding hydrogens is 304 g/mol. The van der Waals surface area contributed by atoms with Gasteiger partial charge in [-0.2, -0.15) is 0 Å². The van der Waals surface area contributed by atoms with Gasteiger partial charge in [-0.25, -0.2) is 0 Å². The average molecular weight is 322 g/mol. The van der Waals surface area contributed by atoms with E-state index in [1.807, 2.05) is 31.2 Å². The van der Waals surface area contributed by atoms with Crippen LogP contribution in [0, 0.1) is 6.92 Å². The third kappa shape index (κ3) is 3.15. The van der Waals surface area contributed by atoms with E-state index >= 15 is 0 Å². The zero-order valence-electron chi connectivity index (χ0n) is 13.6. The van der Waals surface area contributed by atoms with Gasteiger partial charge in [0.15, 0.2) is 0 Å². The summed E-state index contributed by atoms with van der Waals surface area (Å²) < 4.78 is 5.11. The molecule has 3 aromatic rings. The summed E-state index contributed by atoms with van der Waals surface area (Å²) in [7, 11) is 1.55. The van der Waals surface area contributed by atoms with Gasteiger partial charge in [0.25, 0.3) is 11.5 Å². The second-order valence-electron chi connectivity index (χ2n) is 5.58. The molecule has 2 aromatic carbocycles. The van der Waals surface area contributed by atoms with Gasteiger partial charge in [-0.15, -0.1) is 0 Å². The number of hydrogen-bond acceptors (Lipinski definition) is 3. The summed E-state index contributed by atoms with van der Waals surface area (Å²) in [6.07, 6.45) is 0. The Kier molecular flexibility index (Phi) is 4.33. The molecule has 0 aliphatic rings. The first-order valence-corrected chi connectivity index (χ1v) is 7.62. The maximum absolute atomic E-state index is 12.2. The van der Waals surface area contributed by atoms with Crippen molar-refractivity contribution >= 4 is 16.8 Å². The lowest BCUT2D eigenvalue weighted by Crippen LogP contribution is -2.26. The van der Waals surface area contributed by atoms with E-state index in [1.165, 1.54) is 0 Å². The van der Waals surface area contributed by atoms with Gasteiger partial charge in [-0.1, -0.05) is 24.3 Å².